The van der Waals surface area contributed by atoms with Crippen molar-refractivity contribution in [1.82, 2.24) is 20.2 Å². The monoisotopic (exact) mass is 346 g/mol. The molecule has 2 amide bonds. The molecule has 136 valence electrons. The Morgan fingerprint density at radius 1 is 1.28 bits per heavy atom. The third kappa shape index (κ3) is 4.58. The number of nitrogens with one attached hydrogen (secondary N) is 2. The molecule has 3 rings (SSSR count). The number of rotatable bonds is 7. The zero-order valence-corrected chi connectivity index (χ0v) is 14.7. The summed E-state index contributed by atoms with van der Waals surface area (Å²) < 4.78 is 0. The van der Waals surface area contributed by atoms with Gasteiger partial charge in [0.1, 0.15) is 18.0 Å². The van der Waals surface area contributed by atoms with E-state index in [4.69, 9.17) is 0 Å². The molecular formula is C17H26N6O2. The highest BCUT2D eigenvalue weighted by Crippen LogP contribution is 2.26. The molecule has 1 saturated heterocycles. The summed E-state index contributed by atoms with van der Waals surface area (Å²) in [6.45, 7) is 3.22. The Morgan fingerprint density at radius 3 is 2.84 bits per heavy atom. The van der Waals surface area contributed by atoms with E-state index in [1.54, 1.807) is 4.90 Å². The second-order valence-electron chi connectivity index (χ2n) is 6.70. The fraction of sp³-hybridized carbons (Fsp3) is 0.647. The summed E-state index contributed by atoms with van der Waals surface area (Å²) in [4.78, 5) is 35.8. The van der Waals surface area contributed by atoms with Gasteiger partial charge in [0.05, 0.1) is 6.54 Å². The van der Waals surface area contributed by atoms with Crippen molar-refractivity contribution < 1.29 is 9.59 Å². The van der Waals surface area contributed by atoms with Crippen LogP contribution in [0.4, 0.5) is 11.6 Å². The number of aromatic nitrogens is 2. The summed E-state index contributed by atoms with van der Waals surface area (Å²) in [5.74, 6) is 2.03. The lowest BCUT2D eigenvalue weighted by atomic mass is 9.85. The van der Waals surface area contributed by atoms with Crippen LogP contribution in [0.1, 0.15) is 25.7 Å². The maximum Gasteiger partial charge on any atom is 0.241 e. The molecule has 0 atom stereocenters. The second-order valence-corrected chi connectivity index (χ2v) is 6.70. The van der Waals surface area contributed by atoms with Gasteiger partial charge in [0, 0.05) is 45.2 Å². The Kier molecular flexibility index (Phi) is 5.67. The van der Waals surface area contributed by atoms with Crippen molar-refractivity contribution in [2.24, 2.45) is 5.92 Å². The standard InChI is InChI=1S/C17H26N6O2/c1-22-8-9-23(11-16(22)24)15-10-14(20-12-21-15)18-6-3-7-19-17(25)13-4-2-5-13/h10,12-13H,2-9,11H2,1H3,(H,19,25)(H,18,20,21). The first-order valence-corrected chi connectivity index (χ1v) is 8.96. The van der Waals surface area contributed by atoms with Crippen LogP contribution in [0.3, 0.4) is 0 Å². The number of nitrogens with zero attached hydrogens (tertiary/aromatic N) is 4. The number of anilines is 2. The van der Waals surface area contributed by atoms with Crippen molar-refractivity contribution in [2.75, 3.05) is 50.0 Å². The van der Waals surface area contributed by atoms with Crippen LogP contribution in [0.2, 0.25) is 0 Å². The van der Waals surface area contributed by atoms with Crippen molar-refractivity contribution in [1.29, 1.82) is 0 Å². The van der Waals surface area contributed by atoms with Crippen molar-refractivity contribution in [3.63, 3.8) is 0 Å². The molecule has 8 nitrogen and oxygen atoms in total. The quantitative estimate of drug-likeness (QED) is 0.698. The van der Waals surface area contributed by atoms with Crippen LogP contribution in [0, 0.1) is 5.92 Å². The maximum atomic E-state index is 11.8. The van der Waals surface area contributed by atoms with Crippen molar-refractivity contribution in [2.45, 2.75) is 25.7 Å². The van der Waals surface area contributed by atoms with E-state index < -0.39 is 0 Å². The molecule has 25 heavy (non-hydrogen) atoms. The molecule has 0 radical (unpaired) electrons. The lowest BCUT2D eigenvalue weighted by Gasteiger charge is -2.32. The van der Waals surface area contributed by atoms with Crippen LogP contribution >= 0.6 is 0 Å². The van der Waals surface area contributed by atoms with Gasteiger partial charge in [-0.05, 0) is 19.3 Å². The van der Waals surface area contributed by atoms with Crippen LogP contribution in [-0.2, 0) is 9.59 Å². The van der Waals surface area contributed by atoms with E-state index in [0.29, 0.717) is 19.6 Å². The van der Waals surface area contributed by atoms with Gasteiger partial charge >= 0.3 is 0 Å². The van der Waals surface area contributed by atoms with E-state index in [1.165, 1.54) is 12.7 Å². The van der Waals surface area contributed by atoms with Gasteiger partial charge in [0.25, 0.3) is 0 Å². The Balaban J connectivity index is 1.41. The normalized spacial score (nSPS) is 18.0. The van der Waals surface area contributed by atoms with Crippen LogP contribution in [0.15, 0.2) is 12.4 Å². The molecule has 8 heteroatoms. The van der Waals surface area contributed by atoms with Gasteiger partial charge in [-0.25, -0.2) is 9.97 Å². The topological polar surface area (TPSA) is 90.5 Å². The number of hydrogen-bond donors (Lipinski definition) is 2. The predicted octanol–water partition coefficient (Wildman–Crippen LogP) is 0.473. The summed E-state index contributed by atoms with van der Waals surface area (Å²) >= 11 is 0. The zero-order chi connectivity index (χ0) is 17.6. The van der Waals surface area contributed by atoms with Gasteiger partial charge in [-0.3, -0.25) is 9.59 Å². The molecule has 1 aromatic rings. The van der Waals surface area contributed by atoms with Gasteiger partial charge in [-0.1, -0.05) is 6.42 Å². The number of hydrogen-bond acceptors (Lipinski definition) is 6. The molecule has 1 aliphatic carbocycles. The summed E-state index contributed by atoms with van der Waals surface area (Å²) in [7, 11) is 1.82. The molecule has 1 aliphatic heterocycles. The van der Waals surface area contributed by atoms with Crippen LogP contribution < -0.4 is 15.5 Å². The van der Waals surface area contributed by atoms with Crippen LogP contribution in [0.5, 0.6) is 0 Å². The molecule has 2 fully saturated rings. The molecule has 1 saturated carbocycles. The minimum absolute atomic E-state index is 0.0987. The minimum Gasteiger partial charge on any atom is -0.370 e. The summed E-state index contributed by atoms with van der Waals surface area (Å²) in [6.07, 6.45) is 5.59. The highest BCUT2D eigenvalue weighted by molar-refractivity contribution is 5.82. The average molecular weight is 346 g/mol. The second kappa shape index (κ2) is 8.13. The lowest BCUT2D eigenvalue weighted by molar-refractivity contribution is -0.129. The highest BCUT2D eigenvalue weighted by atomic mass is 16.2. The van der Waals surface area contributed by atoms with Crippen LogP contribution in [-0.4, -0.2) is 66.5 Å². The van der Waals surface area contributed by atoms with E-state index in [-0.39, 0.29) is 17.7 Å². The largest absolute Gasteiger partial charge is 0.370 e. The first-order chi connectivity index (χ1) is 12.1. The van der Waals surface area contributed by atoms with Gasteiger partial charge in [0.15, 0.2) is 0 Å². The predicted molar refractivity (Wildman–Crippen MR) is 95.3 cm³/mol. The van der Waals surface area contributed by atoms with E-state index in [9.17, 15) is 9.59 Å². The Hall–Kier alpha value is -2.38. The number of piperazine rings is 1. The summed E-state index contributed by atoms with van der Waals surface area (Å²) in [6, 6.07) is 1.87. The van der Waals surface area contributed by atoms with Crippen molar-refractivity contribution in [3.8, 4) is 0 Å². The van der Waals surface area contributed by atoms with E-state index in [0.717, 1.165) is 44.0 Å². The Morgan fingerprint density at radius 2 is 2.12 bits per heavy atom. The molecule has 0 aromatic carbocycles. The van der Waals surface area contributed by atoms with Crippen LogP contribution in [0.25, 0.3) is 0 Å². The lowest BCUT2D eigenvalue weighted by Crippen LogP contribution is -2.48. The molecule has 2 N–H and O–H groups in total. The first kappa shape index (κ1) is 17.4. The van der Waals surface area contributed by atoms with Gasteiger partial charge in [-0.2, -0.15) is 0 Å². The average Bonchev–Trinajstić information content (AvgIpc) is 2.56. The third-order valence-corrected chi connectivity index (χ3v) is 4.87. The minimum atomic E-state index is 0.0987. The smallest absolute Gasteiger partial charge is 0.241 e. The Labute approximate surface area is 148 Å². The fourth-order valence-electron chi connectivity index (χ4n) is 2.90. The van der Waals surface area contributed by atoms with E-state index in [1.807, 2.05) is 18.0 Å². The number of carbonyl (C=O) groups is 2. The highest BCUT2D eigenvalue weighted by Gasteiger charge is 2.24. The first-order valence-electron chi connectivity index (χ1n) is 8.96. The Bertz CT molecular complexity index is 619. The van der Waals surface area contributed by atoms with Gasteiger partial charge in [0.2, 0.25) is 11.8 Å². The van der Waals surface area contributed by atoms with Gasteiger partial charge < -0.3 is 20.4 Å². The molecule has 1 aromatic heterocycles. The molecule has 0 spiro atoms. The molecule has 0 bridgehead atoms. The zero-order valence-electron chi connectivity index (χ0n) is 14.7. The molecule has 2 aliphatic rings. The summed E-state index contributed by atoms with van der Waals surface area (Å²) in [5, 5.41) is 6.23. The van der Waals surface area contributed by atoms with Crippen molar-refractivity contribution >= 4 is 23.5 Å². The molecule has 0 unspecified atom stereocenters. The number of amides is 2. The fourth-order valence-corrected chi connectivity index (χ4v) is 2.90. The third-order valence-electron chi connectivity index (χ3n) is 4.87. The van der Waals surface area contributed by atoms with Gasteiger partial charge in [-0.15, -0.1) is 0 Å². The van der Waals surface area contributed by atoms with Crippen molar-refractivity contribution in [3.05, 3.63) is 12.4 Å². The maximum absolute atomic E-state index is 11.8. The number of carbonyl (C=O) groups excluding carboxylic acids is 2. The number of likely N-dealkylation sites (N-methyl/N-ethyl adjacent to an activating group) is 1. The molecular weight excluding hydrogens is 320 g/mol. The SMILES string of the molecule is CN1CCN(c2cc(NCCCNC(=O)C3CCC3)ncn2)CC1=O. The van der Waals surface area contributed by atoms with E-state index in [2.05, 4.69) is 20.6 Å². The molecule has 2 heterocycles. The van der Waals surface area contributed by atoms with E-state index >= 15 is 0 Å². The summed E-state index contributed by atoms with van der Waals surface area (Å²) in [5.41, 5.74) is 0.